The highest BCUT2D eigenvalue weighted by Gasteiger charge is 2.62. The molecule has 0 amide bonds. The van der Waals surface area contributed by atoms with Crippen molar-refractivity contribution in [2.24, 2.45) is 28.6 Å². The highest BCUT2D eigenvalue weighted by Crippen LogP contribution is 2.65. The van der Waals surface area contributed by atoms with Crippen LogP contribution in [0.4, 0.5) is 0 Å². The highest BCUT2D eigenvalue weighted by atomic mass is 16.6. The van der Waals surface area contributed by atoms with Gasteiger partial charge in [-0.1, -0.05) is 34.3 Å². The smallest absolute Gasteiger partial charge is 0.330 e. The van der Waals surface area contributed by atoms with Crippen molar-refractivity contribution in [3.8, 4) is 0 Å². The molecule has 0 saturated heterocycles. The molecule has 0 radical (unpaired) electrons. The maximum Gasteiger partial charge on any atom is 0.330 e. The molecule has 4 bridgehead atoms. The molecule has 4 atom stereocenters. The molecule has 0 aromatic carbocycles. The zero-order valence-corrected chi connectivity index (χ0v) is 19.1. The first-order chi connectivity index (χ1) is 13.6. The van der Waals surface area contributed by atoms with Gasteiger partial charge in [0.2, 0.25) is 0 Å². The first-order valence-corrected chi connectivity index (χ1v) is 11.7. The van der Waals surface area contributed by atoms with Crippen LogP contribution < -0.4 is 0 Å². The maximum absolute atomic E-state index is 13.6. The van der Waals surface area contributed by atoms with Gasteiger partial charge < -0.3 is 9.47 Å². The number of hydrogen-bond acceptors (Lipinski definition) is 4. The number of ether oxygens (including phenoxy) is 2. The third kappa shape index (κ3) is 4.01. The molecule has 0 spiro atoms. The summed E-state index contributed by atoms with van der Waals surface area (Å²) in [7, 11) is 0. The van der Waals surface area contributed by atoms with Crippen LogP contribution >= 0.6 is 0 Å². The molecule has 4 rings (SSSR count). The molecule has 4 saturated carbocycles. The lowest BCUT2D eigenvalue weighted by molar-refractivity contribution is -0.232. The van der Waals surface area contributed by atoms with Crippen LogP contribution in [0.15, 0.2) is 12.7 Å². The predicted molar refractivity (Wildman–Crippen MR) is 114 cm³/mol. The lowest BCUT2D eigenvalue weighted by atomic mass is 9.44. The molecule has 164 valence electrons. The Morgan fingerprint density at radius 2 is 1.79 bits per heavy atom. The molecule has 4 aliphatic carbocycles. The maximum atomic E-state index is 13.6. The predicted octanol–water partition coefficient (Wildman–Crippen LogP) is 5.84. The van der Waals surface area contributed by atoms with Crippen molar-refractivity contribution in [1.82, 2.24) is 0 Å². The largest absolute Gasteiger partial charge is 0.459 e. The molecule has 4 fully saturated rings. The fourth-order valence-corrected chi connectivity index (χ4v) is 6.92. The number of carbonyl (C=O) groups excluding carboxylic acids is 2. The van der Waals surface area contributed by atoms with E-state index in [9.17, 15) is 9.59 Å². The normalized spacial score (nSPS) is 38.2. The van der Waals surface area contributed by atoms with E-state index in [0.717, 1.165) is 12.3 Å². The van der Waals surface area contributed by atoms with Gasteiger partial charge in [0.25, 0.3) is 0 Å². The number of hydrogen-bond donors (Lipinski definition) is 0. The van der Waals surface area contributed by atoms with E-state index in [1.165, 1.54) is 38.2 Å². The minimum Gasteiger partial charge on any atom is -0.459 e. The van der Waals surface area contributed by atoms with Crippen LogP contribution in [0.5, 0.6) is 0 Å². The lowest BCUT2D eigenvalue weighted by Crippen LogP contribution is -2.62. The third-order valence-electron chi connectivity index (χ3n) is 8.57. The third-order valence-corrected chi connectivity index (χ3v) is 8.57. The molecular formula is C25H40O4. The van der Waals surface area contributed by atoms with Crippen LogP contribution in [0.3, 0.4) is 0 Å². The van der Waals surface area contributed by atoms with Gasteiger partial charge in [0.05, 0.1) is 5.41 Å². The van der Waals surface area contributed by atoms with Crippen LogP contribution in [0.25, 0.3) is 0 Å². The van der Waals surface area contributed by atoms with Crippen molar-refractivity contribution in [1.29, 1.82) is 0 Å². The summed E-state index contributed by atoms with van der Waals surface area (Å²) in [4.78, 5) is 25.2. The second-order valence-corrected chi connectivity index (χ2v) is 10.6. The average Bonchev–Trinajstić information content (AvgIpc) is 2.68. The van der Waals surface area contributed by atoms with Gasteiger partial charge in [-0.05, 0) is 81.5 Å². The Balaban J connectivity index is 1.77. The topological polar surface area (TPSA) is 52.6 Å². The van der Waals surface area contributed by atoms with E-state index in [0.29, 0.717) is 36.5 Å². The average molecular weight is 405 g/mol. The first-order valence-electron chi connectivity index (χ1n) is 11.7. The molecule has 4 aliphatic rings. The van der Waals surface area contributed by atoms with Gasteiger partial charge in [0.15, 0.2) is 0 Å². The quantitative estimate of drug-likeness (QED) is 0.358. The van der Waals surface area contributed by atoms with E-state index in [1.807, 2.05) is 20.8 Å². The van der Waals surface area contributed by atoms with Crippen molar-refractivity contribution in [3.05, 3.63) is 12.7 Å². The second kappa shape index (κ2) is 8.07. The lowest BCUT2D eigenvalue weighted by Gasteiger charge is -2.64. The van der Waals surface area contributed by atoms with Gasteiger partial charge in [-0.3, -0.25) is 4.79 Å². The van der Waals surface area contributed by atoms with Gasteiger partial charge in [-0.15, -0.1) is 0 Å². The summed E-state index contributed by atoms with van der Waals surface area (Å²) in [5.41, 5.74) is -0.506. The van der Waals surface area contributed by atoms with E-state index >= 15 is 0 Å². The second-order valence-electron chi connectivity index (χ2n) is 10.6. The van der Waals surface area contributed by atoms with E-state index in [2.05, 4.69) is 20.4 Å². The molecule has 4 unspecified atom stereocenters. The Hall–Kier alpha value is -1.32. The minimum atomic E-state index is -0.650. The van der Waals surface area contributed by atoms with Gasteiger partial charge in [-0.25, -0.2) is 4.79 Å². The highest BCUT2D eigenvalue weighted by molar-refractivity contribution is 5.81. The standard InChI is InChI=1S/C25H40O4/c1-7-20(28-21(26)8-2)16-24(6,9-3)22(27)29-25(10-4)18-11-17-12-19(25)15-23(5,13-17)14-18/h8,17-20H,2,7,9-16H2,1,3-6H3. The van der Waals surface area contributed by atoms with E-state index in [1.54, 1.807) is 0 Å². The van der Waals surface area contributed by atoms with E-state index in [-0.39, 0.29) is 17.7 Å². The molecule has 0 aliphatic heterocycles. The molecule has 0 N–H and O–H groups in total. The number of carbonyl (C=O) groups is 2. The summed E-state index contributed by atoms with van der Waals surface area (Å²) < 4.78 is 12.0. The monoisotopic (exact) mass is 404 g/mol. The molecule has 0 aromatic rings. The van der Waals surface area contributed by atoms with Crippen molar-refractivity contribution in [2.75, 3.05) is 0 Å². The Kier molecular flexibility index (Phi) is 6.23. The van der Waals surface area contributed by atoms with Crippen LogP contribution in [-0.2, 0) is 19.1 Å². The summed E-state index contributed by atoms with van der Waals surface area (Å²) >= 11 is 0. The van der Waals surface area contributed by atoms with Crippen LogP contribution in [0.2, 0.25) is 0 Å². The van der Waals surface area contributed by atoms with Crippen molar-refractivity contribution >= 4 is 11.9 Å². The zero-order valence-electron chi connectivity index (χ0n) is 19.1. The van der Waals surface area contributed by atoms with Crippen LogP contribution in [-0.4, -0.2) is 23.6 Å². The summed E-state index contributed by atoms with van der Waals surface area (Å²) in [6.45, 7) is 14.1. The summed E-state index contributed by atoms with van der Waals surface area (Å²) in [6, 6.07) is 0. The van der Waals surface area contributed by atoms with Crippen molar-refractivity contribution in [3.63, 3.8) is 0 Å². The molecule has 0 heterocycles. The Morgan fingerprint density at radius 3 is 2.24 bits per heavy atom. The van der Waals surface area contributed by atoms with Gasteiger partial charge in [0.1, 0.15) is 11.7 Å². The van der Waals surface area contributed by atoms with Crippen molar-refractivity contribution in [2.45, 2.75) is 104 Å². The van der Waals surface area contributed by atoms with E-state index in [4.69, 9.17) is 9.47 Å². The Bertz CT molecular complexity index is 637. The summed E-state index contributed by atoms with van der Waals surface area (Å²) in [6.07, 6.45) is 9.79. The summed E-state index contributed by atoms with van der Waals surface area (Å²) in [5, 5.41) is 0. The SMILES string of the molecule is C=CC(=O)OC(CC)CC(C)(CC)C(=O)OC1(CC)C2CC3CC1CC(C)(C3)C2. The Labute approximate surface area is 176 Å². The molecular weight excluding hydrogens is 364 g/mol. The van der Waals surface area contributed by atoms with Gasteiger partial charge in [-0.2, -0.15) is 0 Å². The van der Waals surface area contributed by atoms with E-state index < -0.39 is 11.4 Å². The number of esters is 2. The Morgan fingerprint density at radius 1 is 1.17 bits per heavy atom. The summed E-state index contributed by atoms with van der Waals surface area (Å²) in [5.74, 6) is 1.27. The number of rotatable bonds is 9. The fourth-order valence-electron chi connectivity index (χ4n) is 6.92. The molecule has 4 nitrogen and oxygen atoms in total. The zero-order chi connectivity index (χ0) is 21.4. The molecule has 29 heavy (non-hydrogen) atoms. The van der Waals surface area contributed by atoms with Crippen molar-refractivity contribution < 1.29 is 19.1 Å². The van der Waals surface area contributed by atoms with Crippen LogP contribution in [0.1, 0.15) is 92.4 Å². The fraction of sp³-hybridized carbons (Fsp3) is 0.840. The first kappa shape index (κ1) is 22.4. The molecule has 0 aromatic heterocycles. The van der Waals surface area contributed by atoms with Crippen LogP contribution in [0, 0.1) is 28.6 Å². The van der Waals surface area contributed by atoms with Gasteiger partial charge in [0, 0.05) is 12.5 Å². The molecule has 4 heteroatoms. The minimum absolute atomic E-state index is 0.104. The van der Waals surface area contributed by atoms with Gasteiger partial charge >= 0.3 is 11.9 Å².